The van der Waals surface area contributed by atoms with Gasteiger partial charge in [0.2, 0.25) is 0 Å². The fourth-order valence-electron chi connectivity index (χ4n) is 2.58. The highest BCUT2D eigenvalue weighted by Gasteiger charge is 2.25. The van der Waals surface area contributed by atoms with Crippen molar-refractivity contribution in [2.24, 2.45) is 0 Å². The van der Waals surface area contributed by atoms with Crippen LogP contribution in [0, 0.1) is 5.82 Å². The van der Waals surface area contributed by atoms with Gasteiger partial charge in [0.05, 0.1) is 25.9 Å². The molecule has 0 fully saturated rings. The number of anilines is 1. The van der Waals surface area contributed by atoms with Gasteiger partial charge in [0.15, 0.2) is 0 Å². The third-order valence-electron chi connectivity index (χ3n) is 3.62. The van der Waals surface area contributed by atoms with Crippen LogP contribution in [0.5, 0.6) is 11.5 Å². The number of fused-ring (bicyclic) bond motifs is 1. The Morgan fingerprint density at radius 3 is 2.40 bits per heavy atom. The first-order chi connectivity index (χ1) is 9.71. The number of rotatable bonds is 3. The molecule has 0 aromatic heterocycles. The van der Waals surface area contributed by atoms with Crippen LogP contribution in [-0.2, 0) is 6.42 Å². The van der Waals surface area contributed by atoms with Gasteiger partial charge in [-0.25, -0.2) is 4.39 Å². The monoisotopic (exact) mass is 273 g/mol. The zero-order valence-corrected chi connectivity index (χ0v) is 11.4. The molecule has 1 atom stereocenters. The third kappa shape index (κ3) is 2.18. The number of hydrogen-bond acceptors (Lipinski definition) is 3. The summed E-state index contributed by atoms with van der Waals surface area (Å²) >= 11 is 0. The van der Waals surface area contributed by atoms with Gasteiger partial charge in [0.25, 0.3) is 0 Å². The lowest BCUT2D eigenvalue weighted by atomic mass is 10.0. The maximum atomic E-state index is 13.8. The van der Waals surface area contributed by atoms with E-state index >= 15 is 0 Å². The Morgan fingerprint density at radius 1 is 1.10 bits per heavy atom. The summed E-state index contributed by atoms with van der Waals surface area (Å²) in [5.74, 6) is 1.26. The van der Waals surface area contributed by atoms with E-state index in [1.54, 1.807) is 20.3 Å². The fraction of sp³-hybridized carbons (Fsp3) is 0.250. The average Bonchev–Trinajstić information content (AvgIpc) is 2.92. The van der Waals surface area contributed by atoms with Crippen molar-refractivity contribution in [3.05, 3.63) is 53.3 Å². The standard InChI is InChI=1S/C16H16FNO2/c1-19-12-6-11(7-13(9-12)20-2)15-8-10-4-3-5-14(17)16(10)18-15/h3-7,9,15,18H,8H2,1-2H3. The second-order valence-electron chi connectivity index (χ2n) is 4.82. The normalized spacial score (nSPS) is 16.4. The lowest BCUT2D eigenvalue weighted by Gasteiger charge is -2.14. The van der Waals surface area contributed by atoms with E-state index in [0.717, 1.165) is 29.0 Å². The van der Waals surface area contributed by atoms with Crippen molar-refractivity contribution in [2.75, 3.05) is 19.5 Å². The van der Waals surface area contributed by atoms with Crippen LogP contribution in [0.1, 0.15) is 17.2 Å². The summed E-state index contributed by atoms with van der Waals surface area (Å²) in [5, 5.41) is 3.24. The molecule has 104 valence electrons. The van der Waals surface area contributed by atoms with Gasteiger partial charge >= 0.3 is 0 Å². The molecule has 2 aromatic rings. The Morgan fingerprint density at radius 2 is 1.80 bits per heavy atom. The summed E-state index contributed by atoms with van der Waals surface area (Å²) in [6.07, 6.45) is 0.753. The molecule has 3 nitrogen and oxygen atoms in total. The summed E-state index contributed by atoms with van der Waals surface area (Å²) in [4.78, 5) is 0. The minimum atomic E-state index is -0.208. The van der Waals surface area contributed by atoms with Crippen LogP contribution in [0.3, 0.4) is 0 Å². The van der Waals surface area contributed by atoms with Gasteiger partial charge in [-0.1, -0.05) is 12.1 Å². The Labute approximate surface area is 117 Å². The molecule has 1 unspecified atom stereocenters. The number of halogens is 1. The van der Waals surface area contributed by atoms with E-state index in [-0.39, 0.29) is 11.9 Å². The predicted octanol–water partition coefficient (Wildman–Crippen LogP) is 3.55. The molecule has 1 N–H and O–H groups in total. The Bertz CT molecular complexity index is 620. The molecule has 1 aliphatic rings. The SMILES string of the molecule is COc1cc(OC)cc(C2Cc3cccc(F)c3N2)c1. The van der Waals surface area contributed by atoms with Crippen LogP contribution in [0.15, 0.2) is 36.4 Å². The quantitative estimate of drug-likeness (QED) is 0.927. The summed E-state index contributed by atoms with van der Waals surface area (Å²) in [7, 11) is 3.24. The summed E-state index contributed by atoms with van der Waals surface area (Å²) in [6, 6.07) is 10.9. The summed E-state index contributed by atoms with van der Waals surface area (Å²) in [5.41, 5.74) is 2.62. The first-order valence-electron chi connectivity index (χ1n) is 6.48. The van der Waals surface area contributed by atoms with Gasteiger partial charge in [0, 0.05) is 6.07 Å². The van der Waals surface area contributed by atoms with Crippen molar-refractivity contribution in [2.45, 2.75) is 12.5 Å². The molecule has 0 bridgehead atoms. The van der Waals surface area contributed by atoms with Crippen LogP contribution in [0.2, 0.25) is 0 Å². The molecule has 4 heteroatoms. The molecule has 0 spiro atoms. The zero-order chi connectivity index (χ0) is 14.1. The van der Waals surface area contributed by atoms with Crippen molar-refractivity contribution in [3.63, 3.8) is 0 Å². The van der Waals surface area contributed by atoms with Crippen LogP contribution in [0.25, 0.3) is 0 Å². The molecule has 20 heavy (non-hydrogen) atoms. The molecule has 0 saturated heterocycles. The molecule has 2 aromatic carbocycles. The van der Waals surface area contributed by atoms with Crippen LogP contribution in [-0.4, -0.2) is 14.2 Å². The lowest BCUT2D eigenvalue weighted by Crippen LogP contribution is -2.06. The highest BCUT2D eigenvalue weighted by atomic mass is 19.1. The number of ether oxygens (including phenoxy) is 2. The van der Waals surface area contributed by atoms with E-state index in [1.165, 1.54) is 6.07 Å². The first-order valence-corrected chi connectivity index (χ1v) is 6.48. The van der Waals surface area contributed by atoms with E-state index in [9.17, 15) is 4.39 Å². The predicted molar refractivity (Wildman–Crippen MR) is 76.0 cm³/mol. The topological polar surface area (TPSA) is 30.5 Å². The number of nitrogens with one attached hydrogen (secondary N) is 1. The molecular formula is C16H16FNO2. The summed E-state index contributed by atoms with van der Waals surface area (Å²) < 4.78 is 24.3. The minimum Gasteiger partial charge on any atom is -0.497 e. The molecule has 1 aliphatic heterocycles. The number of benzene rings is 2. The average molecular weight is 273 g/mol. The third-order valence-corrected chi connectivity index (χ3v) is 3.62. The highest BCUT2D eigenvalue weighted by molar-refractivity contribution is 5.59. The first kappa shape index (κ1) is 12.8. The van der Waals surface area contributed by atoms with Crippen molar-refractivity contribution in [1.29, 1.82) is 0 Å². The summed E-state index contributed by atoms with van der Waals surface area (Å²) in [6.45, 7) is 0. The van der Waals surface area contributed by atoms with Gasteiger partial charge in [-0.2, -0.15) is 0 Å². The number of para-hydroxylation sites is 1. The van der Waals surface area contributed by atoms with E-state index < -0.39 is 0 Å². The molecule has 0 aliphatic carbocycles. The zero-order valence-electron chi connectivity index (χ0n) is 11.4. The van der Waals surface area contributed by atoms with E-state index in [4.69, 9.17) is 9.47 Å². The van der Waals surface area contributed by atoms with Crippen LogP contribution >= 0.6 is 0 Å². The maximum absolute atomic E-state index is 13.8. The van der Waals surface area contributed by atoms with E-state index in [0.29, 0.717) is 5.69 Å². The Balaban J connectivity index is 1.94. The van der Waals surface area contributed by atoms with Crippen LogP contribution < -0.4 is 14.8 Å². The van der Waals surface area contributed by atoms with Crippen molar-refractivity contribution in [3.8, 4) is 11.5 Å². The van der Waals surface area contributed by atoms with Crippen molar-refractivity contribution < 1.29 is 13.9 Å². The number of methoxy groups -OCH3 is 2. The fourth-order valence-corrected chi connectivity index (χ4v) is 2.58. The highest BCUT2D eigenvalue weighted by Crippen LogP contribution is 2.38. The van der Waals surface area contributed by atoms with Gasteiger partial charge in [-0.3, -0.25) is 0 Å². The molecular weight excluding hydrogens is 257 g/mol. The minimum absolute atomic E-state index is 0.0332. The van der Waals surface area contributed by atoms with Crippen LogP contribution in [0.4, 0.5) is 10.1 Å². The van der Waals surface area contributed by atoms with Gasteiger partial charge in [-0.15, -0.1) is 0 Å². The molecule has 1 heterocycles. The molecule has 0 amide bonds. The largest absolute Gasteiger partial charge is 0.497 e. The molecule has 0 radical (unpaired) electrons. The van der Waals surface area contributed by atoms with E-state index in [1.807, 2.05) is 24.3 Å². The molecule has 0 saturated carbocycles. The smallest absolute Gasteiger partial charge is 0.146 e. The Hall–Kier alpha value is -2.23. The molecule has 3 rings (SSSR count). The van der Waals surface area contributed by atoms with Gasteiger partial charge in [0.1, 0.15) is 17.3 Å². The van der Waals surface area contributed by atoms with Gasteiger partial charge in [-0.05, 0) is 35.7 Å². The lowest BCUT2D eigenvalue weighted by molar-refractivity contribution is 0.393. The van der Waals surface area contributed by atoms with Gasteiger partial charge < -0.3 is 14.8 Å². The second-order valence-corrected chi connectivity index (χ2v) is 4.82. The number of hydrogen-bond donors (Lipinski definition) is 1. The Kier molecular flexibility index (Phi) is 3.22. The second kappa shape index (κ2) is 5.04. The van der Waals surface area contributed by atoms with E-state index in [2.05, 4.69) is 5.32 Å². The maximum Gasteiger partial charge on any atom is 0.146 e. The van der Waals surface area contributed by atoms with Crippen molar-refractivity contribution >= 4 is 5.69 Å². The van der Waals surface area contributed by atoms with Crippen molar-refractivity contribution in [1.82, 2.24) is 0 Å².